The van der Waals surface area contributed by atoms with Crippen LogP contribution in [0.25, 0.3) is 0 Å². The van der Waals surface area contributed by atoms with Gasteiger partial charge in [0.05, 0.1) is 0 Å². The molecule has 0 aromatic heterocycles. The van der Waals surface area contributed by atoms with E-state index in [0.29, 0.717) is 0 Å². The van der Waals surface area contributed by atoms with E-state index >= 15 is 0 Å². The molecule has 0 bridgehead atoms. The minimum atomic E-state index is 0.0234. The fourth-order valence-electron chi connectivity index (χ4n) is 2.08. The van der Waals surface area contributed by atoms with Crippen molar-refractivity contribution in [1.29, 1.82) is 0 Å². The van der Waals surface area contributed by atoms with Gasteiger partial charge in [-0.25, -0.2) is 0 Å². The van der Waals surface area contributed by atoms with Gasteiger partial charge in [-0.15, -0.1) is 0 Å². The van der Waals surface area contributed by atoms with E-state index in [9.17, 15) is 0 Å². The van der Waals surface area contributed by atoms with Crippen molar-refractivity contribution in [3.05, 3.63) is 0 Å². The second-order valence-electron chi connectivity index (χ2n) is 4.62. The maximum absolute atomic E-state index is 6.30. The molecule has 3 heteroatoms. The summed E-state index contributed by atoms with van der Waals surface area (Å²) in [6.45, 7) is 2.73. The van der Waals surface area contributed by atoms with Gasteiger partial charge in [-0.2, -0.15) is 0 Å². The number of likely N-dealkylation sites (N-methyl/N-ethyl adjacent to an activating group) is 1. The molecule has 2 fully saturated rings. The van der Waals surface area contributed by atoms with Gasteiger partial charge in [0.25, 0.3) is 0 Å². The molecule has 0 aromatic rings. The average molecular weight is 184 g/mol. The van der Waals surface area contributed by atoms with Gasteiger partial charge in [0.1, 0.15) is 0 Å². The number of nitrogens with two attached hydrogens (primary N) is 1. The van der Waals surface area contributed by atoms with Crippen LogP contribution in [-0.4, -0.2) is 43.3 Å². The standard InChI is InChI=1S/C10H20N2O/c1-12(9-2-3-9)8-10(11)4-6-13-7-5-10/h9H,2-8,11H2,1H3. The molecule has 1 saturated carbocycles. The van der Waals surface area contributed by atoms with E-state index in [-0.39, 0.29) is 5.54 Å². The fourth-order valence-corrected chi connectivity index (χ4v) is 2.08. The Balaban J connectivity index is 1.82. The molecular weight excluding hydrogens is 164 g/mol. The highest BCUT2D eigenvalue weighted by molar-refractivity contribution is 4.93. The van der Waals surface area contributed by atoms with E-state index in [1.165, 1.54) is 12.8 Å². The van der Waals surface area contributed by atoms with Crippen molar-refractivity contribution in [3.8, 4) is 0 Å². The third kappa shape index (κ3) is 2.42. The van der Waals surface area contributed by atoms with Crippen molar-refractivity contribution in [2.24, 2.45) is 5.73 Å². The van der Waals surface area contributed by atoms with Gasteiger partial charge in [-0.05, 0) is 32.7 Å². The van der Waals surface area contributed by atoms with Crippen LogP contribution in [0.1, 0.15) is 25.7 Å². The van der Waals surface area contributed by atoms with Crippen molar-refractivity contribution in [3.63, 3.8) is 0 Å². The highest BCUT2D eigenvalue weighted by atomic mass is 16.5. The van der Waals surface area contributed by atoms with E-state index in [4.69, 9.17) is 10.5 Å². The van der Waals surface area contributed by atoms with Gasteiger partial charge in [-0.1, -0.05) is 0 Å². The van der Waals surface area contributed by atoms with Crippen molar-refractivity contribution in [1.82, 2.24) is 4.90 Å². The molecule has 1 aliphatic heterocycles. The molecule has 0 aromatic carbocycles. The monoisotopic (exact) mass is 184 g/mol. The second-order valence-corrected chi connectivity index (χ2v) is 4.62. The Kier molecular flexibility index (Phi) is 2.58. The number of rotatable bonds is 3. The van der Waals surface area contributed by atoms with Crippen molar-refractivity contribution in [2.75, 3.05) is 26.8 Å². The molecule has 13 heavy (non-hydrogen) atoms. The van der Waals surface area contributed by atoms with Crippen LogP contribution in [0.15, 0.2) is 0 Å². The number of hydrogen-bond donors (Lipinski definition) is 1. The highest BCUT2D eigenvalue weighted by Gasteiger charge is 2.34. The van der Waals surface area contributed by atoms with Crippen LogP contribution in [0, 0.1) is 0 Å². The Morgan fingerprint density at radius 2 is 2.00 bits per heavy atom. The SMILES string of the molecule is CN(CC1(N)CCOCC1)C1CC1. The van der Waals surface area contributed by atoms with Crippen molar-refractivity contribution in [2.45, 2.75) is 37.3 Å². The first-order valence-corrected chi connectivity index (χ1v) is 5.26. The molecule has 76 valence electrons. The van der Waals surface area contributed by atoms with Gasteiger partial charge in [0, 0.05) is 31.3 Å². The van der Waals surface area contributed by atoms with E-state index < -0.39 is 0 Å². The third-order valence-electron chi connectivity index (χ3n) is 3.22. The lowest BCUT2D eigenvalue weighted by atomic mass is 9.91. The molecule has 1 aliphatic carbocycles. The predicted octanol–water partition coefficient (Wildman–Crippen LogP) is 0.588. The van der Waals surface area contributed by atoms with Gasteiger partial charge < -0.3 is 15.4 Å². The lowest BCUT2D eigenvalue weighted by Gasteiger charge is -2.36. The zero-order valence-electron chi connectivity index (χ0n) is 8.46. The normalized spacial score (nSPS) is 27.9. The van der Waals surface area contributed by atoms with Crippen LogP contribution in [0.2, 0.25) is 0 Å². The summed E-state index contributed by atoms with van der Waals surface area (Å²) in [5.74, 6) is 0. The molecule has 2 N–H and O–H groups in total. The summed E-state index contributed by atoms with van der Waals surface area (Å²) in [6.07, 6.45) is 4.76. The van der Waals surface area contributed by atoms with Gasteiger partial charge in [0.15, 0.2) is 0 Å². The van der Waals surface area contributed by atoms with E-state index in [0.717, 1.165) is 38.6 Å². The summed E-state index contributed by atoms with van der Waals surface area (Å²) < 4.78 is 5.32. The van der Waals surface area contributed by atoms with Gasteiger partial charge >= 0.3 is 0 Å². The summed E-state index contributed by atoms with van der Waals surface area (Å²) in [4.78, 5) is 2.42. The topological polar surface area (TPSA) is 38.5 Å². The number of hydrogen-bond acceptors (Lipinski definition) is 3. The molecule has 1 saturated heterocycles. The molecule has 0 spiro atoms. The second kappa shape index (κ2) is 3.56. The molecule has 0 atom stereocenters. The molecule has 2 aliphatic rings. The number of nitrogens with zero attached hydrogens (tertiary/aromatic N) is 1. The van der Waals surface area contributed by atoms with Crippen molar-refractivity contribution < 1.29 is 4.74 Å². The Labute approximate surface area is 80.2 Å². The Hall–Kier alpha value is -0.120. The minimum absolute atomic E-state index is 0.0234. The summed E-state index contributed by atoms with van der Waals surface area (Å²) in [7, 11) is 2.20. The molecule has 0 amide bonds. The summed E-state index contributed by atoms with van der Waals surface area (Å²) in [5.41, 5.74) is 6.33. The summed E-state index contributed by atoms with van der Waals surface area (Å²) >= 11 is 0. The predicted molar refractivity (Wildman–Crippen MR) is 52.6 cm³/mol. The molecule has 3 nitrogen and oxygen atoms in total. The van der Waals surface area contributed by atoms with Crippen LogP contribution in [0.5, 0.6) is 0 Å². The van der Waals surface area contributed by atoms with Gasteiger partial charge in [-0.3, -0.25) is 0 Å². The maximum Gasteiger partial charge on any atom is 0.0484 e. The smallest absolute Gasteiger partial charge is 0.0484 e. The zero-order valence-corrected chi connectivity index (χ0v) is 8.46. The molecular formula is C10H20N2O. The van der Waals surface area contributed by atoms with Crippen LogP contribution in [-0.2, 0) is 4.74 Å². The first kappa shape index (κ1) is 9.44. The Morgan fingerprint density at radius 1 is 1.38 bits per heavy atom. The minimum Gasteiger partial charge on any atom is -0.381 e. The lowest BCUT2D eigenvalue weighted by molar-refractivity contribution is 0.0402. The van der Waals surface area contributed by atoms with E-state index in [1.54, 1.807) is 0 Å². The lowest BCUT2D eigenvalue weighted by Crippen LogP contribution is -2.53. The quantitative estimate of drug-likeness (QED) is 0.697. The van der Waals surface area contributed by atoms with Crippen LogP contribution in [0.3, 0.4) is 0 Å². The number of ether oxygens (including phenoxy) is 1. The molecule has 0 radical (unpaired) electrons. The Bertz CT molecular complexity index is 174. The van der Waals surface area contributed by atoms with Crippen LogP contribution in [0.4, 0.5) is 0 Å². The highest BCUT2D eigenvalue weighted by Crippen LogP contribution is 2.28. The summed E-state index contributed by atoms with van der Waals surface area (Å²) in [6, 6.07) is 0.822. The fraction of sp³-hybridized carbons (Fsp3) is 1.00. The van der Waals surface area contributed by atoms with E-state index in [1.807, 2.05) is 0 Å². The molecule has 1 heterocycles. The summed E-state index contributed by atoms with van der Waals surface area (Å²) in [5, 5.41) is 0. The maximum atomic E-state index is 6.30. The van der Waals surface area contributed by atoms with E-state index in [2.05, 4.69) is 11.9 Å². The first-order chi connectivity index (χ1) is 6.20. The average Bonchev–Trinajstić information content (AvgIpc) is 2.86. The third-order valence-corrected chi connectivity index (χ3v) is 3.22. The van der Waals surface area contributed by atoms with Gasteiger partial charge in [0.2, 0.25) is 0 Å². The zero-order chi connectivity index (χ0) is 9.31. The molecule has 0 unspecified atom stereocenters. The largest absolute Gasteiger partial charge is 0.381 e. The molecule has 2 rings (SSSR count). The van der Waals surface area contributed by atoms with Crippen LogP contribution < -0.4 is 5.73 Å². The van der Waals surface area contributed by atoms with Crippen molar-refractivity contribution >= 4 is 0 Å². The Morgan fingerprint density at radius 3 is 2.54 bits per heavy atom. The van der Waals surface area contributed by atoms with Crippen LogP contribution >= 0.6 is 0 Å². The first-order valence-electron chi connectivity index (χ1n) is 5.26.